The van der Waals surface area contributed by atoms with Gasteiger partial charge >= 0.3 is 5.97 Å². The molecule has 6 aromatic carbocycles. The topological polar surface area (TPSA) is 500 Å². The average molecular weight is 1850 g/mol. The predicted octanol–water partition coefficient (Wildman–Crippen LogP) is 3.12. The van der Waals surface area contributed by atoms with Gasteiger partial charge in [0.25, 0.3) is 0 Å². The van der Waals surface area contributed by atoms with Gasteiger partial charge in [-0.1, -0.05) is 168 Å². The Kier molecular flexibility index (Phi) is 38.8. The Bertz CT molecular complexity index is 5210. The number of nitrogens with zero attached hydrogens (tertiary/aromatic N) is 5. The highest BCUT2D eigenvalue weighted by atomic mass is 35.5. The number of fused-ring (bicyclic) bond motifs is 1. The summed E-state index contributed by atoms with van der Waals surface area (Å²) >= 11 is 6.87. The van der Waals surface area contributed by atoms with Crippen LogP contribution in [0.5, 0.6) is 11.5 Å². The number of nitrogens with two attached hydrogens (primary N) is 1. The third-order valence-electron chi connectivity index (χ3n) is 22.2. The molecule has 0 bridgehead atoms. The normalized spacial score (nSPS) is 21.8. The van der Waals surface area contributed by atoms with Crippen LogP contribution in [0.1, 0.15) is 100 Å². The standard InChI is InChI=1S/C93H116ClFN16O19S/c1-11-12-27-74-91(128)108(7)50-79(116)100-70(46-81(118)119)87(124)106-82(54(4)5)93(130)110(9)75(43-55-21-15-13-16-22-55)88(125)104-71(41-58-30-35-62(113)36-31-58)89(126)107(6)49-78(115)99-69(45-60-47-97-66-26-20-19-25-63(60)66)86(123)103-68(40-57-28-33-61(112)34-29-57)85(122)102-67(38-53(2)3)84(121)105-73(83(120)98-48-77(96)114)51-131-52-80(117)101-72(42-59-32-37-64(94)65(95)39-59)90(127)111(10)76(92(129)109(74)8)44-56-23-17-14-18-24-56/h13-26,28-37,39,47,53-54,67-76,82,97,112-113H,11-12,27,38,40-46,48-52H2,1-10H3,(H2,96,114)(H,98,120)(H,99,115)(H,100,116)(H,101,117)(H,102,122)(H,103,123)(H,104,125)(H,105,121)(H,106,124)(H,118,119)/t67-,68-,69-,70-,71-,72-,73-,74-,75-,76-,82-/m0/s1. The summed E-state index contributed by atoms with van der Waals surface area (Å²) in [7, 11) is 6.35. The first-order chi connectivity index (χ1) is 62.2. The number of hydrogen-bond acceptors (Lipinski definition) is 19. The van der Waals surface area contributed by atoms with Gasteiger partial charge in [0.1, 0.15) is 83.8 Å². The summed E-state index contributed by atoms with van der Waals surface area (Å²) in [6, 6.07) is 21.3. The van der Waals surface area contributed by atoms with E-state index < -0.39 is 223 Å². The lowest BCUT2D eigenvalue weighted by molar-refractivity contribution is -0.151. The maximum Gasteiger partial charge on any atom is 0.305 e. The van der Waals surface area contributed by atoms with E-state index in [1.54, 1.807) is 119 Å². The summed E-state index contributed by atoms with van der Waals surface area (Å²) in [4.78, 5) is 243. The smallest absolute Gasteiger partial charge is 0.305 e. The number of aromatic nitrogens is 1. The van der Waals surface area contributed by atoms with Crippen LogP contribution in [0.15, 0.2) is 158 Å². The number of carbonyl (C=O) groups is 16. The highest BCUT2D eigenvalue weighted by molar-refractivity contribution is 8.00. The summed E-state index contributed by atoms with van der Waals surface area (Å²) in [6.45, 7) is 5.99. The van der Waals surface area contributed by atoms with Crippen LogP contribution in [0.2, 0.25) is 5.02 Å². The molecule has 1 saturated heterocycles. The minimum absolute atomic E-state index is 0.0176. The number of unbranched alkanes of at least 4 members (excludes halogenated alkanes) is 1. The molecule has 15 amide bonds. The minimum atomic E-state index is -1.93. The average Bonchev–Trinajstić information content (AvgIpc) is 1.80. The molecule has 11 atom stereocenters. The van der Waals surface area contributed by atoms with Gasteiger partial charge in [0.05, 0.1) is 36.8 Å². The number of benzene rings is 6. The van der Waals surface area contributed by atoms with Gasteiger partial charge in [0.2, 0.25) is 88.6 Å². The number of carbonyl (C=O) groups excluding carboxylic acids is 15. The molecule has 131 heavy (non-hydrogen) atoms. The molecular formula is C93H116ClFN16O19S. The zero-order valence-corrected chi connectivity index (χ0v) is 76.3. The summed E-state index contributed by atoms with van der Waals surface area (Å²) < 4.78 is 15.4. The molecule has 702 valence electrons. The van der Waals surface area contributed by atoms with Crippen molar-refractivity contribution in [3.05, 3.63) is 202 Å². The fourth-order valence-electron chi connectivity index (χ4n) is 15.0. The number of H-pyrrole nitrogens is 1. The number of aromatic amines is 1. The Morgan fingerprint density at radius 2 is 0.977 bits per heavy atom. The number of primary amides is 1. The van der Waals surface area contributed by atoms with Crippen molar-refractivity contribution in [2.45, 2.75) is 172 Å². The van der Waals surface area contributed by atoms with Crippen molar-refractivity contribution in [2.75, 3.05) is 66.4 Å². The fraction of sp³-hybridized carbons (Fsp3) is 0.419. The van der Waals surface area contributed by atoms with E-state index in [0.29, 0.717) is 51.6 Å². The second-order valence-corrected chi connectivity index (χ2v) is 34.8. The van der Waals surface area contributed by atoms with Crippen molar-refractivity contribution in [1.82, 2.24) is 77.3 Å². The molecule has 2 heterocycles. The Morgan fingerprint density at radius 3 is 1.54 bits per heavy atom. The number of phenols is 2. The van der Waals surface area contributed by atoms with Crippen LogP contribution in [0.4, 0.5) is 4.39 Å². The molecule has 7 aromatic rings. The molecule has 0 unspecified atom stereocenters. The molecule has 0 radical (unpaired) electrons. The maximum absolute atomic E-state index is 15.5. The first-order valence-corrected chi connectivity index (χ1v) is 44.4. The van der Waals surface area contributed by atoms with Crippen LogP contribution in [0, 0.1) is 17.7 Å². The monoisotopic (exact) mass is 1850 g/mol. The number of likely N-dealkylation sites (N-methyl/N-ethyl adjacent to an activating group) is 5. The Balaban J connectivity index is 1.22. The maximum atomic E-state index is 15.5. The highest BCUT2D eigenvalue weighted by Gasteiger charge is 2.42. The van der Waals surface area contributed by atoms with E-state index in [1.165, 1.54) is 95.9 Å². The molecule has 1 aliphatic rings. The third-order valence-corrected chi connectivity index (χ3v) is 23.5. The summed E-state index contributed by atoms with van der Waals surface area (Å²) in [5, 5.41) is 55.0. The molecule has 0 aliphatic carbocycles. The fourth-order valence-corrected chi connectivity index (χ4v) is 16.0. The summed E-state index contributed by atoms with van der Waals surface area (Å²) in [5.41, 5.74) is 8.53. The molecule has 1 fully saturated rings. The number of nitrogens with one attached hydrogen (secondary N) is 10. The zero-order valence-electron chi connectivity index (χ0n) is 74.7. The molecule has 0 saturated carbocycles. The lowest BCUT2D eigenvalue weighted by Crippen LogP contribution is -2.61. The number of carboxylic acids is 1. The van der Waals surface area contributed by atoms with Crippen molar-refractivity contribution in [3.63, 3.8) is 0 Å². The highest BCUT2D eigenvalue weighted by Crippen LogP contribution is 2.26. The summed E-state index contributed by atoms with van der Waals surface area (Å²) in [5.74, 6) is -19.2. The van der Waals surface area contributed by atoms with Crippen LogP contribution in [-0.4, -0.2) is 272 Å². The van der Waals surface area contributed by atoms with Crippen LogP contribution in [0.25, 0.3) is 10.9 Å². The lowest BCUT2D eigenvalue weighted by atomic mass is 9.98. The number of hydrogen-bond donors (Lipinski definition) is 14. The molecule has 38 heteroatoms. The van der Waals surface area contributed by atoms with Crippen molar-refractivity contribution in [2.24, 2.45) is 17.6 Å². The van der Waals surface area contributed by atoms with Gasteiger partial charge < -0.3 is 98.4 Å². The van der Waals surface area contributed by atoms with Gasteiger partial charge in [-0.15, -0.1) is 11.8 Å². The van der Waals surface area contributed by atoms with Crippen molar-refractivity contribution < 1.29 is 96.4 Å². The number of aromatic hydroxyl groups is 2. The van der Waals surface area contributed by atoms with Crippen LogP contribution >= 0.6 is 23.4 Å². The number of rotatable bonds is 23. The quantitative estimate of drug-likeness (QED) is 0.0437. The van der Waals surface area contributed by atoms with Gasteiger partial charge in [-0.2, -0.15) is 0 Å². The van der Waals surface area contributed by atoms with E-state index in [2.05, 4.69) is 52.8 Å². The van der Waals surface area contributed by atoms with Crippen LogP contribution < -0.4 is 53.6 Å². The summed E-state index contributed by atoms with van der Waals surface area (Å²) in [6.07, 6.45) is -0.540. The van der Waals surface area contributed by atoms with E-state index >= 15 is 42.7 Å². The number of phenolic OH excluding ortho intramolecular Hbond substituents is 2. The van der Waals surface area contributed by atoms with Crippen molar-refractivity contribution in [1.29, 1.82) is 0 Å². The van der Waals surface area contributed by atoms with E-state index in [9.17, 15) is 53.7 Å². The first-order valence-electron chi connectivity index (χ1n) is 42.9. The molecular weight excluding hydrogens is 1730 g/mol. The SMILES string of the molecule is CCCC[C@H]1C(=O)N(C)CC(=O)N[C@@H](CC(=O)O)C(=O)N[C@@H](C(C)C)C(=O)N(C)[C@@H](Cc2ccccc2)C(=O)N[C@@H](Cc2ccc(O)cc2)C(=O)N(C)CC(=O)N[C@@H](Cc2c[nH]c3ccccc23)C(=O)N[C@@H](Cc2ccc(O)cc2)C(=O)N[C@@H](CC(C)C)C(=O)N[C@H](C(=O)NCC(N)=O)CSCC(=O)N[C@@H](Cc2ccc(Cl)c(F)c2)C(=O)N(C)[C@@H](Cc2ccccc2)C(=O)N1C. The van der Waals surface area contributed by atoms with E-state index in [4.69, 9.17) is 17.3 Å². The van der Waals surface area contributed by atoms with E-state index in [-0.39, 0.29) is 67.0 Å². The number of thioether (sulfide) groups is 1. The Labute approximate surface area is 767 Å². The molecule has 0 spiro atoms. The van der Waals surface area contributed by atoms with E-state index in [0.717, 1.165) is 42.3 Å². The zero-order chi connectivity index (χ0) is 96.0. The van der Waals surface area contributed by atoms with Crippen LogP contribution in [0.3, 0.4) is 0 Å². The Hall–Kier alpha value is -13.5. The van der Waals surface area contributed by atoms with Crippen molar-refractivity contribution >= 4 is 129 Å². The van der Waals surface area contributed by atoms with Gasteiger partial charge in [-0.3, -0.25) is 76.7 Å². The van der Waals surface area contributed by atoms with Gasteiger partial charge in [0.15, 0.2) is 0 Å². The molecule has 8 rings (SSSR count). The predicted molar refractivity (Wildman–Crippen MR) is 487 cm³/mol. The Morgan fingerprint density at radius 1 is 0.504 bits per heavy atom. The van der Waals surface area contributed by atoms with Gasteiger partial charge in [-0.05, 0) is 101 Å². The second kappa shape index (κ2) is 49.4. The second-order valence-electron chi connectivity index (χ2n) is 33.3. The number of halogens is 2. The number of aliphatic carboxylic acids is 1. The minimum Gasteiger partial charge on any atom is -0.508 e. The van der Waals surface area contributed by atoms with Crippen LogP contribution in [-0.2, 0) is 115 Å². The number of para-hydroxylation sites is 1. The molecule has 1 aliphatic heterocycles. The first kappa shape index (κ1) is 103. The molecule has 1 aromatic heterocycles. The van der Waals surface area contributed by atoms with Gasteiger partial charge in [-0.25, -0.2) is 4.39 Å². The molecule has 35 nitrogen and oxygen atoms in total. The third kappa shape index (κ3) is 30.9. The number of carboxylic acid groups (broad SMARTS) is 1. The van der Waals surface area contributed by atoms with E-state index in [1.807, 2.05) is 6.92 Å². The number of amides is 15. The van der Waals surface area contributed by atoms with Crippen molar-refractivity contribution in [3.8, 4) is 11.5 Å². The molecule has 15 N–H and O–H groups in total. The largest absolute Gasteiger partial charge is 0.508 e. The lowest BCUT2D eigenvalue weighted by Gasteiger charge is -2.37. The van der Waals surface area contributed by atoms with Gasteiger partial charge in [0, 0.05) is 96.6 Å².